The number of hydrogen-bond donors (Lipinski definition) is 0. The normalized spacial score (nSPS) is 11.8. The molecule has 0 unspecified atom stereocenters. The molecule has 0 atom stereocenters. The van der Waals surface area contributed by atoms with Gasteiger partial charge in [-0.15, -0.1) is 0 Å². The first-order valence-corrected chi connectivity index (χ1v) is 17.5. The Balaban J connectivity index is 1.44. The smallest absolute Gasteiger partial charge is 0.238 e. The van der Waals surface area contributed by atoms with Crippen molar-refractivity contribution in [2.45, 2.75) is 0 Å². The highest BCUT2D eigenvalue weighted by Gasteiger charge is 2.29. The Morgan fingerprint density at radius 3 is 1.70 bits per heavy atom. The van der Waals surface area contributed by atoms with E-state index in [4.69, 9.17) is 15.0 Å². The Kier molecular flexibility index (Phi) is 6.38. The van der Waals surface area contributed by atoms with E-state index in [1.54, 1.807) is 18.7 Å². The van der Waals surface area contributed by atoms with Crippen LogP contribution in [-0.4, -0.2) is 38.6 Å². The molecule has 5 aromatic heterocycles. The maximum atomic E-state index is 5.64. The summed E-state index contributed by atoms with van der Waals surface area (Å²) < 4.78 is 6.89. The van der Waals surface area contributed by atoms with Crippen molar-refractivity contribution in [2.24, 2.45) is 0 Å². The standard InChI is InChI=1S/C45H28N8/c1-4-14-30(15-5-1)44-49-39-37-33-20-10-12-22-35(33)51(31-16-6-2-7-17-31)40(37)38-34-21-11-13-23-36(34)53(41(38)42(39)52(44)32-18-8-3-9-19-32)45-48-28-47-43(50-45)29-24-26-46-27-25-29/h1-28H. The molecule has 8 nitrogen and oxygen atoms in total. The van der Waals surface area contributed by atoms with Gasteiger partial charge in [-0.05, 0) is 48.5 Å². The van der Waals surface area contributed by atoms with Crippen molar-refractivity contribution in [1.29, 1.82) is 0 Å². The van der Waals surface area contributed by atoms with Crippen LogP contribution in [0.2, 0.25) is 0 Å². The average Bonchev–Trinajstić information content (AvgIpc) is 3.91. The third-order valence-electron chi connectivity index (χ3n) is 10.1. The number of imidazole rings is 1. The lowest BCUT2D eigenvalue weighted by Crippen LogP contribution is -2.05. The first-order valence-electron chi connectivity index (χ1n) is 17.5. The second kappa shape index (κ2) is 11.5. The molecule has 0 amide bonds. The summed E-state index contributed by atoms with van der Waals surface area (Å²) in [7, 11) is 0. The van der Waals surface area contributed by atoms with Gasteiger partial charge in [0, 0.05) is 56.4 Å². The topological polar surface area (TPSA) is 79.2 Å². The summed E-state index contributed by atoms with van der Waals surface area (Å²) in [5.74, 6) is 1.94. The molecule has 6 aromatic carbocycles. The van der Waals surface area contributed by atoms with Crippen LogP contribution in [0, 0.1) is 0 Å². The summed E-state index contributed by atoms with van der Waals surface area (Å²) in [5, 5.41) is 4.40. The molecule has 8 heteroatoms. The number of benzene rings is 6. The molecule has 0 saturated heterocycles. The monoisotopic (exact) mass is 680 g/mol. The van der Waals surface area contributed by atoms with E-state index < -0.39 is 0 Å². The molecule has 0 fully saturated rings. The lowest BCUT2D eigenvalue weighted by atomic mass is 10.1. The van der Waals surface area contributed by atoms with Crippen LogP contribution in [0.25, 0.3) is 94.7 Å². The number of para-hydroxylation sites is 4. The van der Waals surface area contributed by atoms with Gasteiger partial charge in [0.1, 0.15) is 17.7 Å². The van der Waals surface area contributed by atoms with Gasteiger partial charge in [-0.25, -0.2) is 15.0 Å². The molecule has 11 aromatic rings. The fourth-order valence-corrected chi connectivity index (χ4v) is 7.93. The van der Waals surface area contributed by atoms with Gasteiger partial charge < -0.3 is 4.57 Å². The Labute approximate surface area is 302 Å². The molecule has 0 spiro atoms. The predicted octanol–water partition coefficient (Wildman–Crippen LogP) is 10.1. The highest BCUT2D eigenvalue weighted by atomic mass is 15.2. The van der Waals surface area contributed by atoms with Crippen molar-refractivity contribution in [3.05, 3.63) is 170 Å². The largest absolute Gasteiger partial charge is 0.308 e. The van der Waals surface area contributed by atoms with E-state index >= 15 is 0 Å². The van der Waals surface area contributed by atoms with Crippen LogP contribution < -0.4 is 0 Å². The van der Waals surface area contributed by atoms with Crippen molar-refractivity contribution in [3.8, 4) is 40.1 Å². The molecule has 53 heavy (non-hydrogen) atoms. The van der Waals surface area contributed by atoms with E-state index in [1.807, 2.05) is 18.2 Å². The molecule has 0 saturated carbocycles. The molecule has 0 radical (unpaired) electrons. The fourth-order valence-electron chi connectivity index (χ4n) is 7.93. The summed E-state index contributed by atoms with van der Waals surface area (Å²) in [6.07, 6.45) is 5.11. The van der Waals surface area contributed by atoms with Gasteiger partial charge in [0.05, 0.1) is 27.6 Å². The number of pyridine rings is 1. The summed E-state index contributed by atoms with van der Waals surface area (Å²) in [6.45, 7) is 0. The van der Waals surface area contributed by atoms with E-state index in [9.17, 15) is 0 Å². The van der Waals surface area contributed by atoms with Crippen molar-refractivity contribution in [2.75, 3.05) is 0 Å². The van der Waals surface area contributed by atoms with Crippen molar-refractivity contribution < 1.29 is 0 Å². The van der Waals surface area contributed by atoms with Gasteiger partial charge in [0.2, 0.25) is 5.95 Å². The van der Waals surface area contributed by atoms with Crippen LogP contribution in [0.4, 0.5) is 0 Å². The summed E-state index contributed by atoms with van der Waals surface area (Å²) in [5.41, 5.74) is 9.95. The van der Waals surface area contributed by atoms with Crippen molar-refractivity contribution in [1.82, 2.24) is 38.6 Å². The molecule has 5 heterocycles. The summed E-state index contributed by atoms with van der Waals surface area (Å²) in [6, 6.07) is 52.6. The first-order chi connectivity index (χ1) is 26.3. The number of hydrogen-bond acceptors (Lipinski definition) is 5. The lowest BCUT2D eigenvalue weighted by molar-refractivity contribution is 0.946. The molecule has 0 aliphatic carbocycles. The van der Waals surface area contributed by atoms with Crippen molar-refractivity contribution in [3.63, 3.8) is 0 Å². The molecular weight excluding hydrogens is 653 g/mol. The molecule has 248 valence electrons. The van der Waals surface area contributed by atoms with Crippen LogP contribution in [0.5, 0.6) is 0 Å². The van der Waals surface area contributed by atoms with Crippen LogP contribution in [0.15, 0.2) is 170 Å². The molecule has 0 N–H and O–H groups in total. The van der Waals surface area contributed by atoms with Crippen LogP contribution in [0.1, 0.15) is 0 Å². The van der Waals surface area contributed by atoms with Gasteiger partial charge >= 0.3 is 0 Å². The van der Waals surface area contributed by atoms with Gasteiger partial charge in [0.15, 0.2) is 5.82 Å². The van der Waals surface area contributed by atoms with E-state index in [2.05, 4.69) is 157 Å². The van der Waals surface area contributed by atoms with Gasteiger partial charge in [-0.3, -0.25) is 14.1 Å². The summed E-state index contributed by atoms with van der Waals surface area (Å²) in [4.78, 5) is 24.5. The van der Waals surface area contributed by atoms with E-state index in [-0.39, 0.29) is 0 Å². The zero-order valence-corrected chi connectivity index (χ0v) is 28.2. The van der Waals surface area contributed by atoms with Gasteiger partial charge in [-0.1, -0.05) is 103 Å². The average molecular weight is 681 g/mol. The van der Waals surface area contributed by atoms with E-state index in [0.29, 0.717) is 11.8 Å². The fraction of sp³-hybridized carbons (Fsp3) is 0. The third-order valence-corrected chi connectivity index (χ3v) is 10.1. The van der Waals surface area contributed by atoms with E-state index in [0.717, 1.165) is 83.0 Å². The lowest BCUT2D eigenvalue weighted by Gasteiger charge is -2.14. The number of aromatic nitrogens is 8. The zero-order valence-electron chi connectivity index (χ0n) is 28.2. The molecule has 0 aliphatic rings. The number of rotatable bonds is 5. The maximum Gasteiger partial charge on any atom is 0.238 e. The van der Waals surface area contributed by atoms with E-state index in [1.165, 1.54) is 0 Å². The van der Waals surface area contributed by atoms with Crippen LogP contribution in [0.3, 0.4) is 0 Å². The summed E-state index contributed by atoms with van der Waals surface area (Å²) >= 11 is 0. The quantitative estimate of drug-likeness (QED) is 0.181. The predicted molar refractivity (Wildman–Crippen MR) is 212 cm³/mol. The minimum Gasteiger partial charge on any atom is -0.308 e. The minimum atomic E-state index is 0.517. The second-order valence-electron chi connectivity index (χ2n) is 13.0. The SMILES string of the molecule is c1ccc(-c2nc3c4c5ccccc5n(-c5ccccc5)c4c4c5ccccc5n(-c5ncnc(-c6ccncc6)n5)c4c3n2-c2ccccc2)cc1. The van der Waals surface area contributed by atoms with Crippen molar-refractivity contribution >= 4 is 54.6 Å². The van der Waals surface area contributed by atoms with Gasteiger partial charge in [0.25, 0.3) is 0 Å². The maximum absolute atomic E-state index is 5.64. The molecular formula is C45H28N8. The van der Waals surface area contributed by atoms with Crippen LogP contribution >= 0.6 is 0 Å². The first kappa shape index (κ1) is 29.3. The number of nitrogens with zero attached hydrogens (tertiary/aromatic N) is 8. The highest BCUT2D eigenvalue weighted by molar-refractivity contribution is 6.36. The molecule has 0 aliphatic heterocycles. The third kappa shape index (κ3) is 4.33. The molecule has 11 rings (SSSR count). The Bertz CT molecular complexity index is 3150. The molecule has 0 bridgehead atoms. The Morgan fingerprint density at radius 1 is 0.415 bits per heavy atom. The highest BCUT2D eigenvalue weighted by Crippen LogP contribution is 2.48. The van der Waals surface area contributed by atoms with Gasteiger partial charge in [-0.2, -0.15) is 4.98 Å². The minimum absolute atomic E-state index is 0.517. The van der Waals surface area contributed by atoms with Crippen LogP contribution in [-0.2, 0) is 0 Å². The number of fused-ring (bicyclic) bond motifs is 10. The Hall–Kier alpha value is -7.45. The Morgan fingerprint density at radius 2 is 1.00 bits per heavy atom. The second-order valence-corrected chi connectivity index (χ2v) is 13.0. The zero-order chi connectivity index (χ0) is 34.9.